The highest BCUT2D eigenvalue weighted by Gasteiger charge is 2.34. The topological polar surface area (TPSA) is 115 Å². The summed E-state index contributed by atoms with van der Waals surface area (Å²) in [4.78, 5) is 63.7. The molecule has 0 saturated heterocycles. The number of fused-ring (bicyclic) bond motifs is 3. The van der Waals surface area contributed by atoms with Gasteiger partial charge in [-0.1, -0.05) is 56.0 Å². The number of nitrogens with zero attached hydrogens (tertiary/aromatic N) is 2. The molecule has 0 fully saturated rings. The number of aromatic nitrogens is 2. The molecular formula is C27H25I2N3O5. The maximum atomic E-state index is 12.3. The molecule has 0 spiro atoms. The van der Waals surface area contributed by atoms with E-state index in [0.717, 1.165) is 0 Å². The van der Waals surface area contributed by atoms with E-state index in [9.17, 15) is 24.0 Å². The average Bonchev–Trinajstić information content (AvgIpc) is 3.19. The molecule has 5 rings (SSSR count). The molecule has 1 N–H and O–H groups in total. The van der Waals surface area contributed by atoms with Crippen LogP contribution in [-0.2, 0) is 11.8 Å². The number of allylic oxidation sites excluding steroid dienone is 2. The number of rotatable bonds is 1. The fourth-order valence-corrected chi connectivity index (χ4v) is 3.99. The minimum Gasteiger partial charge on any atom is -0.328 e. The number of hydrogen-bond donors (Lipinski definition) is 1. The molecule has 2 aliphatic rings. The first-order valence-electron chi connectivity index (χ1n) is 10.7. The third kappa shape index (κ3) is 5.64. The minimum atomic E-state index is -0.361. The van der Waals surface area contributed by atoms with E-state index in [1.165, 1.54) is 6.92 Å². The summed E-state index contributed by atoms with van der Waals surface area (Å²) in [6, 6.07) is 13.5. The lowest BCUT2D eigenvalue weighted by molar-refractivity contribution is -0.118. The summed E-state index contributed by atoms with van der Waals surface area (Å²) >= 11 is 4.24. The van der Waals surface area contributed by atoms with Gasteiger partial charge >= 0.3 is 0 Å². The molecule has 1 amide bonds. The molecule has 2 aliphatic carbocycles. The molecule has 0 saturated carbocycles. The van der Waals surface area contributed by atoms with E-state index in [1.54, 1.807) is 74.0 Å². The van der Waals surface area contributed by atoms with Crippen LogP contribution < -0.4 is 5.32 Å². The first-order valence-corrected chi connectivity index (χ1v) is 16.9. The number of benzene rings is 2. The van der Waals surface area contributed by atoms with Crippen molar-refractivity contribution in [2.45, 2.75) is 28.2 Å². The van der Waals surface area contributed by atoms with Crippen molar-refractivity contribution >= 4 is 66.3 Å². The van der Waals surface area contributed by atoms with Gasteiger partial charge in [0.1, 0.15) is 17.2 Å². The Kier molecular flexibility index (Phi) is 10.2. The van der Waals surface area contributed by atoms with Crippen LogP contribution in [0.2, 0.25) is 0 Å². The van der Waals surface area contributed by atoms with Crippen molar-refractivity contribution in [1.29, 1.82) is 0 Å². The zero-order chi connectivity index (χ0) is 26.7. The Hall–Kier alpha value is -3.00. The number of halogens is 2. The van der Waals surface area contributed by atoms with Crippen LogP contribution in [0.5, 0.6) is 0 Å². The van der Waals surface area contributed by atoms with Crippen molar-refractivity contribution in [2.24, 2.45) is 7.05 Å². The molecule has 1 aromatic heterocycles. The monoisotopic (exact) mass is 725 g/mol. The second-order valence-electron chi connectivity index (χ2n) is 8.00. The lowest BCUT2D eigenvalue weighted by atomic mass is 9.88. The van der Waals surface area contributed by atoms with Crippen molar-refractivity contribution in [2.75, 3.05) is 0 Å². The summed E-state index contributed by atoms with van der Waals surface area (Å²) < 4.78 is 1.67. The number of carbonyl (C=O) groups excluding carboxylic acids is 5. The van der Waals surface area contributed by atoms with E-state index in [2.05, 4.69) is 47.5 Å². The van der Waals surface area contributed by atoms with Crippen molar-refractivity contribution in [1.82, 2.24) is 14.9 Å². The summed E-state index contributed by atoms with van der Waals surface area (Å²) in [6.45, 7) is 4.63. The molecule has 37 heavy (non-hydrogen) atoms. The zero-order valence-electron chi connectivity index (χ0n) is 19.8. The van der Waals surface area contributed by atoms with Gasteiger partial charge in [0.05, 0.1) is 5.70 Å². The van der Waals surface area contributed by atoms with Crippen LogP contribution in [0.15, 0.2) is 59.8 Å². The highest BCUT2D eigenvalue weighted by atomic mass is 128. The Morgan fingerprint density at radius 1 is 0.784 bits per heavy atom. The van der Waals surface area contributed by atoms with Gasteiger partial charge < -0.3 is 9.88 Å². The molecular weight excluding hydrogens is 700 g/mol. The fourth-order valence-electron chi connectivity index (χ4n) is 3.99. The summed E-state index contributed by atoms with van der Waals surface area (Å²) in [6.07, 6.45) is 0. The molecule has 0 radical (unpaired) electrons. The summed E-state index contributed by atoms with van der Waals surface area (Å²) in [5.41, 5.74) is 2.68. The number of ketones is 4. The number of Topliss-reactive ketones (excluding diaryl/α,β-unsaturated/α-hetero) is 2. The first kappa shape index (κ1) is 30.2. The fraction of sp³-hybridized carbons (Fsp3) is 0.185. The lowest BCUT2D eigenvalue weighted by Crippen LogP contribution is -2.32. The Balaban J connectivity index is 0.000000238. The molecule has 0 unspecified atom stereocenters. The molecule has 10 heteroatoms. The van der Waals surface area contributed by atoms with Crippen LogP contribution in [0.3, 0.4) is 0 Å². The summed E-state index contributed by atoms with van der Waals surface area (Å²) in [5, 5.41) is 2.42. The van der Waals surface area contributed by atoms with Gasteiger partial charge in [-0.2, -0.15) is 0 Å². The van der Waals surface area contributed by atoms with Gasteiger partial charge in [0, 0.05) is 79.0 Å². The number of amides is 1. The number of carbonyl (C=O) groups is 5. The van der Waals surface area contributed by atoms with Crippen LogP contribution in [0.4, 0.5) is 0 Å². The number of nitrogens with one attached hydrogen (secondary N) is 1. The van der Waals surface area contributed by atoms with E-state index in [4.69, 9.17) is 0 Å². The van der Waals surface area contributed by atoms with Gasteiger partial charge in [0.15, 0.2) is 5.78 Å². The van der Waals surface area contributed by atoms with Crippen molar-refractivity contribution in [3.05, 3.63) is 99.3 Å². The van der Waals surface area contributed by atoms with E-state index in [0.29, 0.717) is 33.8 Å². The quantitative estimate of drug-likeness (QED) is 0.264. The predicted molar refractivity (Wildman–Crippen MR) is 158 cm³/mol. The van der Waals surface area contributed by atoms with Crippen LogP contribution >= 0.6 is 37.2 Å². The van der Waals surface area contributed by atoms with Crippen LogP contribution in [0, 0.1) is 6.92 Å². The van der Waals surface area contributed by atoms with Gasteiger partial charge in [-0.15, -0.1) is 0 Å². The molecule has 8 nitrogen and oxygen atoms in total. The van der Waals surface area contributed by atoms with Gasteiger partial charge in [-0.3, -0.25) is 24.0 Å². The Morgan fingerprint density at radius 3 is 1.70 bits per heavy atom. The van der Waals surface area contributed by atoms with Crippen LogP contribution in [0.25, 0.3) is 0 Å². The molecule has 2 aromatic carbocycles. The number of imidazole rings is 1. The normalized spacial score (nSPS) is 13.1. The standard InChI is InChI=1S/C13H10N2O2.C13H11NO3.CH4.I2/c1-7-14-10-11(15(7)2)13(17)9-6-4-3-5-8(9)12(10)16;1-7-11(14-8(2)15)13(17)10-6-4-3-5-9(10)12(7)16;;1-2/h3-6H,1-2H3;3-6H,1-2H3,(H,14,15);1H4;. The SMILES string of the molecule is C.CC(=O)NC1=C(C)C(=O)c2ccccc2C1=O.Cc1nc2c(n1C)C(=O)c1ccccc1C2=O.II. The summed E-state index contributed by atoms with van der Waals surface area (Å²) in [5.74, 6) is -0.515. The van der Waals surface area contributed by atoms with E-state index in [-0.39, 0.29) is 53.4 Å². The van der Waals surface area contributed by atoms with E-state index in [1.807, 2.05) is 0 Å². The predicted octanol–water partition coefficient (Wildman–Crippen LogP) is 5.39. The molecule has 0 aliphatic heterocycles. The van der Waals surface area contributed by atoms with Crippen molar-refractivity contribution in [3.8, 4) is 0 Å². The molecule has 192 valence electrons. The van der Waals surface area contributed by atoms with Gasteiger partial charge in [0.25, 0.3) is 0 Å². The third-order valence-electron chi connectivity index (χ3n) is 5.83. The Morgan fingerprint density at radius 2 is 1.22 bits per heavy atom. The highest BCUT2D eigenvalue weighted by Crippen LogP contribution is 2.27. The highest BCUT2D eigenvalue weighted by molar-refractivity contribution is 15.0. The summed E-state index contributed by atoms with van der Waals surface area (Å²) in [7, 11) is 1.75. The molecule has 0 bridgehead atoms. The third-order valence-corrected chi connectivity index (χ3v) is 5.83. The Labute approximate surface area is 238 Å². The first-order chi connectivity index (χ1) is 17.1. The largest absolute Gasteiger partial charge is 0.328 e. The molecule has 1 heterocycles. The van der Waals surface area contributed by atoms with Crippen LogP contribution in [0.1, 0.15) is 79.9 Å². The van der Waals surface area contributed by atoms with Crippen LogP contribution in [-0.4, -0.2) is 38.6 Å². The Bertz CT molecular complexity index is 1470. The molecule has 3 aromatic rings. The van der Waals surface area contributed by atoms with Crippen molar-refractivity contribution < 1.29 is 24.0 Å². The minimum absolute atomic E-state index is 0. The second kappa shape index (κ2) is 12.5. The van der Waals surface area contributed by atoms with E-state index >= 15 is 0 Å². The van der Waals surface area contributed by atoms with Gasteiger partial charge in [-0.25, -0.2) is 4.98 Å². The smallest absolute Gasteiger partial charge is 0.221 e. The number of aryl methyl sites for hydroxylation is 1. The van der Waals surface area contributed by atoms with Gasteiger partial charge in [-0.05, 0) is 13.8 Å². The maximum absolute atomic E-state index is 12.3. The average molecular weight is 725 g/mol. The zero-order valence-corrected chi connectivity index (χ0v) is 24.1. The second-order valence-corrected chi connectivity index (χ2v) is 8.00. The van der Waals surface area contributed by atoms with Gasteiger partial charge in [0.2, 0.25) is 23.3 Å². The maximum Gasteiger partial charge on any atom is 0.221 e. The lowest BCUT2D eigenvalue weighted by Gasteiger charge is -2.18. The number of hydrogen-bond acceptors (Lipinski definition) is 6. The molecule has 0 atom stereocenters. The van der Waals surface area contributed by atoms with Crippen molar-refractivity contribution in [3.63, 3.8) is 0 Å². The van der Waals surface area contributed by atoms with E-state index < -0.39 is 0 Å².